The summed E-state index contributed by atoms with van der Waals surface area (Å²) in [5.74, 6) is -0.738. The van der Waals surface area contributed by atoms with E-state index in [1.807, 2.05) is 0 Å². The van der Waals surface area contributed by atoms with Gasteiger partial charge in [0.15, 0.2) is 5.78 Å². The molecule has 0 atom stereocenters. The zero-order valence-corrected chi connectivity index (χ0v) is 10.3. The minimum atomic E-state index is -4.72. The molecule has 0 unspecified atom stereocenters. The minimum Gasteiger partial charge on any atom is -0.288 e. The number of nitro benzene ring substituents is 1. The van der Waals surface area contributed by atoms with Gasteiger partial charge in [0.25, 0.3) is 5.69 Å². The highest BCUT2D eigenvalue weighted by atomic mass is 19.4. The number of halogens is 3. The van der Waals surface area contributed by atoms with E-state index < -0.39 is 33.7 Å². The van der Waals surface area contributed by atoms with Crippen LogP contribution in [-0.4, -0.2) is 15.7 Å². The molecule has 108 valence electrons. The standard InChI is InChI=1S/C13H7F3N2O3/c14-13(15,16)9-1-2-10(11(7-9)18(20)21)12(19)8-3-5-17-6-4-8/h1-7H. The van der Waals surface area contributed by atoms with Crippen molar-refractivity contribution in [1.29, 1.82) is 0 Å². The summed E-state index contributed by atoms with van der Waals surface area (Å²) in [7, 11) is 0. The zero-order valence-electron chi connectivity index (χ0n) is 10.3. The number of benzene rings is 1. The maximum absolute atomic E-state index is 12.6. The number of carbonyl (C=O) groups excluding carboxylic acids is 1. The van der Waals surface area contributed by atoms with Gasteiger partial charge in [-0.15, -0.1) is 0 Å². The minimum absolute atomic E-state index is 0.104. The molecule has 0 aliphatic heterocycles. The van der Waals surface area contributed by atoms with E-state index in [1.54, 1.807) is 0 Å². The van der Waals surface area contributed by atoms with Gasteiger partial charge in [-0.3, -0.25) is 19.9 Å². The van der Waals surface area contributed by atoms with E-state index in [0.29, 0.717) is 12.1 Å². The van der Waals surface area contributed by atoms with Crippen LogP contribution in [0.5, 0.6) is 0 Å². The fraction of sp³-hybridized carbons (Fsp3) is 0.0769. The van der Waals surface area contributed by atoms with Crippen molar-refractivity contribution in [2.24, 2.45) is 0 Å². The molecule has 2 aromatic rings. The summed E-state index contributed by atoms with van der Waals surface area (Å²) >= 11 is 0. The largest absolute Gasteiger partial charge is 0.416 e. The van der Waals surface area contributed by atoms with Crippen molar-refractivity contribution in [2.75, 3.05) is 0 Å². The van der Waals surface area contributed by atoms with Crippen molar-refractivity contribution in [2.45, 2.75) is 6.18 Å². The Bertz CT molecular complexity index is 700. The molecule has 0 aliphatic rings. The molecule has 0 bridgehead atoms. The Morgan fingerprint density at radius 3 is 2.29 bits per heavy atom. The van der Waals surface area contributed by atoms with Crippen LogP contribution in [0.1, 0.15) is 21.5 Å². The van der Waals surface area contributed by atoms with Crippen LogP contribution >= 0.6 is 0 Å². The van der Waals surface area contributed by atoms with Gasteiger partial charge in [-0.25, -0.2) is 0 Å². The Kier molecular flexibility index (Phi) is 3.70. The van der Waals surface area contributed by atoms with E-state index in [1.165, 1.54) is 24.5 Å². The smallest absolute Gasteiger partial charge is 0.288 e. The van der Waals surface area contributed by atoms with Gasteiger partial charge < -0.3 is 0 Å². The van der Waals surface area contributed by atoms with Gasteiger partial charge in [0, 0.05) is 24.0 Å². The summed E-state index contributed by atoms with van der Waals surface area (Å²) in [5.41, 5.74) is -2.36. The number of alkyl halides is 3. The van der Waals surface area contributed by atoms with E-state index in [2.05, 4.69) is 4.98 Å². The van der Waals surface area contributed by atoms with E-state index in [9.17, 15) is 28.1 Å². The Morgan fingerprint density at radius 2 is 1.76 bits per heavy atom. The molecule has 0 aliphatic carbocycles. The first-order valence-electron chi connectivity index (χ1n) is 5.61. The van der Waals surface area contributed by atoms with Crippen molar-refractivity contribution >= 4 is 11.5 Å². The predicted molar refractivity (Wildman–Crippen MR) is 65.8 cm³/mol. The van der Waals surface area contributed by atoms with Gasteiger partial charge in [0.2, 0.25) is 0 Å². The maximum atomic E-state index is 12.6. The number of hydrogen-bond acceptors (Lipinski definition) is 4. The van der Waals surface area contributed by atoms with Crippen molar-refractivity contribution in [3.05, 3.63) is 69.5 Å². The molecule has 2 rings (SSSR count). The number of pyridine rings is 1. The van der Waals surface area contributed by atoms with E-state index in [0.717, 1.165) is 6.07 Å². The molecule has 1 heterocycles. The fourth-order valence-electron chi connectivity index (χ4n) is 1.71. The Labute approximate surface area is 116 Å². The first kappa shape index (κ1) is 14.6. The van der Waals surface area contributed by atoms with E-state index in [4.69, 9.17) is 0 Å². The summed E-state index contributed by atoms with van der Waals surface area (Å²) in [4.78, 5) is 25.7. The van der Waals surface area contributed by atoms with Crippen LogP contribution in [-0.2, 0) is 6.18 Å². The van der Waals surface area contributed by atoms with Crippen LogP contribution in [0.25, 0.3) is 0 Å². The maximum Gasteiger partial charge on any atom is 0.416 e. The summed E-state index contributed by atoms with van der Waals surface area (Å²) in [6, 6.07) is 4.45. The van der Waals surface area contributed by atoms with Gasteiger partial charge in [-0.2, -0.15) is 13.2 Å². The summed E-state index contributed by atoms with van der Waals surface area (Å²) in [5, 5.41) is 10.9. The quantitative estimate of drug-likeness (QED) is 0.495. The number of hydrogen-bond donors (Lipinski definition) is 0. The van der Waals surface area contributed by atoms with Crippen LogP contribution < -0.4 is 0 Å². The third-order valence-corrected chi connectivity index (χ3v) is 2.71. The number of nitrogens with zero attached hydrogens (tertiary/aromatic N) is 2. The molecular formula is C13H7F3N2O3. The lowest BCUT2D eigenvalue weighted by atomic mass is 10.0. The molecular weight excluding hydrogens is 289 g/mol. The second kappa shape index (κ2) is 5.31. The number of ketones is 1. The Hall–Kier alpha value is -2.77. The van der Waals surface area contributed by atoms with Crippen LogP contribution in [0.15, 0.2) is 42.7 Å². The second-order valence-corrected chi connectivity index (χ2v) is 4.05. The monoisotopic (exact) mass is 296 g/mol. The summed E-state index contributed by atoms with van der Waals surface area (Å²) in [6.45, 7) is 0. The third kappa shape index (κ3) is 3.04. The molecule has 21 heavy (non-hydrogen) atoms. The highest BCUT2D eigenvalue weighted by molar-refractivity contribution is 6.11. The average Bonchev–Trinajstić information content (AvgIpc) is 2.45. The van der Waals surface area contributed by atoms with Gasteiger partial charge in [-0.05, 0) is 24.3 Å². The normalized spacial score (nSPS) is 11.2. The molecule has 0 amide bonds. The number of nitro groups is 1. The second-order valence-electron chi connectivity index (χ2n) is 4.05. The first-order chi connectivity index (χ1) is 9.80. The lowest BCUT2D eigenvalue weighted by Crippen LogP contribution is -2.10. The number of carbonyl (C=O) groups is 1. The molecule has 0 saturated carbocycles. The van der Waals surface area contributed by atoms with Gasteiger partial charge >= 0.3 is 6.18 Å². The van der Waals surface area contributed by atoms with Crippen molar-refractivity contribution in [1.82, 2.24) is 4.98 Å². The molecule has 5 nitrogen and oxygen atoms in total. The molecule has 1 aromatic carbocycles. The van der Waals surface area contributed by atoms with E-state index >= 15 is 0 Å². The van der Waals surface area contributed by atoms with E-state index in [-0.39, 0.29) is 5.56 Å². The van der Waals surface area contributed by atoms with Crippen molar-refractivity contribution in [3.8, 4) is 0 Å². The first-order valence-corrected chi connectivity index (χ1v) is 5.61. The molecule has 8 heteroatoms. The predicted octanol–water partition coefficient (Wildman–Crippen LogP) is 3.24. The molecule has 0 N–H and O–H groups in total. The highest BCUT2D eigenvalue weighted by Gasteiger charge is 2.34. The van der Waals surface area contributed by atoms with Crippen LogP contribution in [0.3, 0.4) is 0 Å². The molecule has 1 aromatic heterocycles. The topological polar surface area (TPSA) is 73.1 Å². The molecule has 0 fully saturated rings. The summed E-state index contributed by atoms with van der Waals surface area (Å²) in [6.07, 6.45) is -2.10. The summed E-state index contributed by atoms with van der Waals surface area (Å²) < 4.78 is 37.7. The number of rotatable bonds is 3. The van der Waals surface area contributed by atoms with Gasteiger partial charge in [-0.1, -0.05) is 0 Å². The molecule has 0 saturated heterocycles. The van der Waals surface area contributed by atoms with Crippen LogP contribution in [0.4, 0.5) is 18.9 Å². The third-order valence-electron chi connectivity index (χ3n) is 2.71. The number of aromatic nitrogens is 1. The van der Waals surface area contributed by atoms with Gasteiger partial charge in [0.1, 0.15) is 5.56 Å². The fourth-order valence-corrected chi connectivity index (χ4v) is 1.71. The van der Waals surface area contributed by atoms with Crippen LogP contribution in [0.2, 0.25) is 0 Å². The highest BCUT2D eigenvalue weighted by Crippen LogP contribution is 2.33. The average molecular weight is 296 g/mol. The lowest BCUT2D eigenvalue weighted by molar-refractivity contribution is -0.385. The van der Waals surface area contributed by atoms with Crippen molar-refractivity contribution < 1.29 is 22.9 Å². The van der Waals surface area contributed by atoms with Crippen LogP contribution in [0, 0.1) is 10.1 Å². The Balaban J connectivity index is 2.54. The SMILES string of the molecule is O=C(c1ccncc1)c1ccc(C(F)(F)F)cc1[N+](=O)[O-]. The van der Waals surface area contributed by atoms with Crippen molar-refractivity contribution in [3.63, 3.8) is 0 Å². The zero-order chi connectivity index (χ0) is 15.6. The molecule has 0 radical (unpaired) electrons. The van der Waals surface area contributed by atoms with Gasteiger partial charge in [0.05, 0.1) is 10.5 Å². The molecule has 0 spiro atoms. The lowest BCUT2D eigenvalue weighted by Gasteiger charge is -2.08. The Morgan fingerprint density at radius 1 is 1.14 bits per heavy atom.